The molecule has 7 heteroatoms. The summed E-state index contributed by atoms with van der Waals surface area (Å²) < 4.78 is 37.6. The summed E-state index contributed by atoms with van der Waals surface area (Å²) in [6.45, 7) is 0. The van der Waals surface area contributed by atoms with Gasteiger partial charge in [-0.25, -0.2) is 0 Å². The minimum absolute atomic E-state index is 0.191. The van der Waals surface area contributed by atoms with Gasteiger partial charge in [0.1, 0.15) is 0 Å². The average molecular weight is 336 g/mol. The number of hydrogen-bond donors (Lipinski definition) is 0. The van der Waals surface area contributed by atoms with Crippen molar-refractivity contribution in [3.05, 3.63) is 32.8 Å². The second-order valence-electron chi connectivity index (χ2n) is 2.84. The molecule has 1 nitrogen and oxygen atoms in total. The second kappa shape index (κ2) is 4.94. The van der Waals surface area contributed by atoms with E-state index in [2.05, 4.69) is 15.9 Å². The first-order valence-electron chi connectivity index (χ1n) is 3.93. The number of halogens is 6. The van der Waals surface area contributed by atoms with Gasteiger partial charge in [0.05, 0.1) is 22.0 Å². The van der Waals surface area contributed by atoms with Crippen LogP contribution >= 0.6 is 39.1 Å². The summed E-state index contributed by atoms with van der Waals surface area (Å²) in [6, 6.07) is 1.92. The van der Waals surface area contributed by atoms with Crippen LogP contribution in [0.1, 0.15) is 15.9 Å². The summed E-state index contributed by atoms with van der Waals surface area (Å²) in [5, 5.41) is -0.632. The summed E-state index contributed by atoms with van der Waals surface area (Å²) in [5.41, 5.74) is -1.29. The van der Waals surface area contributed by atoms with Gasteiger partial charge in [0.15, 0.2) is 5.78 Å². The van der Waals surface area contributed by atoms with Gasteiger partial charge in [0.2, 0.25) is 0 Å². The van der Waals surface area contributed by atoms with Crippen LogP contribution in [0.3, 0.4) is 0 Å². The zero-order valence-corrected chi connectivity index (χ0v) is 10.6. The maximum atomic E-state index is 12.5. The Balaban J connectivity index is 3.45. The Bertz CT molecular complexity index is 431. The summed E-state index contributed by atoms with van der Waals surface area (Å²) >= 11 is 13.8. The minimum atomic E-state index is -4.60. The first-order chi connectivity index (χ1) is 7.29. The maximum absolute atomic E-state index is 12.5. The molecule has 0 N–H and O–H groups in total. The Hall–Kier alpha value is -0.260. The van der Waals surface area contributed by atoms with Gasteiger partial charge in [0.25, 0.3) is 0 Å². The van der Waals surface area contributed by atoms with E-state index < -0.39 is 28.4 Å². The van der Waals surface area contributed by atoms with E-state index in [1.165, 1.54) is 0 Å². The van der Waals surface area contributed by atoms with Crippen molar-refractivity contribution in [2.24, 2.45) is 0 Å². The molecule has 0 amide bonds. The number of rotatable bonds is 2. The van der Waals surface area contributed by atoms with Gasteiger partial charge >= 0.3 is 6.18 Å². The molecule has 0 atom stereocenters. The molecule has 1 rings (SSSR count). The molecular formula is C9H4BrCl2F3O. The Morgan fingerprint density at radius 2 is 1.94 bits per heavy atom. The normalized spacial score (nSPS) is 11.6. The predicted molar refractivity (Wildman–Crippen MR) is 59.2 cm³/mol. The fourth-order valence-corrected chi connectivity index (χ4v) is 2.27. The van der Waals surface area contributed by atoms with Crippen LogP contribution in [0.15, 0.2) is 16.6 Å². The fourth-order valence-electron chi connectivity index (χ4n) is 1.09. The smallest absolute Gasteiger partial charge is 0.293 e. The number of ketones is 1. The van der Waals surface area contributed by atoms with Gasteiger partial charge in [-0.05, 0) is 28.1 Å². The highest BCUT2D eigenvalue weighted by atomic mass is 79.9. The lowest BCUT2D eigenvalue weighted by atomic mass is 10.1. The van der Waals surface area contributed by atoms with E-state index in [1.54, 1.807) is 0 Å². The number of benzene rings is 1. The van der Waals surface area contributed by atoms with Crippen LogP contribution < -0.4 is 0 Å². The van der Waals surface area contributed by atoms with Crippen LogP contribution in [0.5, 0.6) is 0 Å². The molecule has 88 valence electrons. The predicted octanol–water partition coefficient (Wildman–Crippen LogP) is 4.54. The molecule has 0 unspecified atom stereocenters. The molecule has 0 aliphatic rings. The molecule has 0 saturated heterocycles. The molecule has 0 fully saturated rings. The van der Waals surface area contributed by atoms with Crippen molar-refractivity contribution in [3.8, 4) is 0 Å². The molecule has 0 spiro atoms. The molecule has 16 heavy (non-hydrogen) atoms. The van der Waals surface area contributed by atoms with Gasteiger partial charge in [-0.2, -0.15) is 13.2 Å². The van der Waals surface area contributed by atoms with Gasteiger partial charge in [-0.1, -0.05) is 11.6 Å². The maximum Gasteiger partial charge on any atom is 0.417 e. The van der Waals surface area contributed by atoms with Gasteiger partial charge in [0, 0.05) is 4.47 Å². The van der Waals surface area contributed by atoms with Crippen LogP contribution in [-0.2, 0) is 6.18 Å². The highest BCUT2D eigenvalue weighted by molar-refractivity contribution is 9.10. The fraction of sp³-hybridized carbons (Fsp3) is 0.222. The second-order valence-corrected chi connectivity index (χ2v) is 4.34. The standard InChI is InChI=1S/C9H4BrCl2F3O/c10-5-2-1-4(9(13,14)15)8(12)7(5)6(16)3-11/h1-2H,3H2. The third kappa shape index (κ3) is 2.70. The monoisotopic (exact) mass is 334 g/mol. The van der Waals surface area contributed by atoms with Crippen LogP contribution in [-0.4, -0.2) is 11.7 Å². The van der Waals surface area contributed by atoms with Gasteiger partial charge < -0.3 is 0 Å². The van der Waals surface area contributed by atoms with Gasteiger partial charge in [-0.3, -0.25) is 4.79 Å². The quantitative estimate of drug-likeness (QED) is 0.572. The van der Waals surface area contributed by atoms with Crippen molar-refractivity contribution in [3.63, 3.8) is 0 Å². The van der Waals surface area contributed by atoms with E-state index in [4.69, 9.17) is 23.2 Å². The van der Waals surface area contributed by atoms with E-state index in [-0.39, 0.29) is 10.0 Å². The van der Waals surface area contributed by atoms with E-state index in [1.807, 2.05) is 0 Å². The number of carbonyl (C=O) groups excluding carboxylic acids is 1. The molecule has 1 aromatic carbocycles. The lowest BCUT2D eigenvalue weighted by Gasteiger charge is -2.12. The van der Waals surface area contributed by atoms with Crippen molar-refractivity contribution >= 4 is 44.9 Å². The zero-order chi connectivity index (χ0) is 12.5. The number of alkyl halides is 4. The molecule has 0 bridgehead atoms. The van der Waals surface area contributed by atoms with Gasteiger partial charge in [-0.15, -0.1) is 11.6 Å². The van der Waals surface area contributed by atoms with E-state index >= 15 is 0 Å². The zero-order valence-electron chi connectivity index (χ0n) is 7.54. The summed E-state index contributed by atoms with van der Waals surface area (Å²) in [6.07, 6.45) is -4.60. The van der Waals surface area contributed by atoms with Crippen LogP contribution in [0, 0.1) is 0 Å². The number of Topliss-reactive ketones (excluding diaryl/α,β-unsaturated/α-hetero) is 1. The number of carbonyl (C=O) groups is 1. The Morgan fingerprint density at radius 3 is 2.38 bits per heavy atom. The Morgan fingerprint density at radius 1 is 1.38 bits per heavy atom. The number of hydrogen-bond acceptors (Lipinski definition) is 1. The first-order valence-corrected chi connectivity index (χ1v) is 5.64. The third-order valence-electron chi connectivity index (χ3n) is 1.80. The Kier molecular flexibility index (Phi) is 4.26. The lowest BCUT2D eigenvalue weighted by molar-refractivity contribution is -0.137. The Labute approximate surface area is 108 Å². The van der Waals surface area contributed by atoms with E-state index in [9.17, 15) is 18.0 Å². The van der Waals surface area contributed by atoms with Crippen LogP contribution in [0.25, 0.3) is 0 Å². The molecule has 0 aromatic heterocycles. The van der Waals surface area contributed by atoms with Crippen molar-refractivity contribution in [1.82, 2.24) is 0 Å². The van der Waals surface area contributed by atoms with Crippen LogP contribution in [0.2, 0.25) is 5.02 Å². The van der Waals surface area contributed by atoms with E-state index in [0.29, 0.717) is 0 Å². The SMILES string of the molecule is O=C(CCl)c1c(Br)ccc(C(F)(F)F)c1Cl. The van der Waals surface area contributed by atoms with E-state index in [0.717, 1.165) is 12.1 Å². The van der Waals surface area contributed by atoms with Crippen molar-refractivity contribution < 1.29 is 18.0 Å². The van der Waals surface area contributed by atoms with Crippen molar-refractivity contribution in [2.45, 2.75) is 6.18 Å². The summed E-state index contributed by atoms with van der Waals surface area (Å²) in [4.78, 5) is 11.3. The molecule has 0 saturated carbocycles. The molecular weight excluding hydrogens is 332 g/mol. The molecule has 0 heterocycles. The third-order valence-corrected chi connectivity index (χ3v) is 3.09. The lowest BCUT2D eigenvalue weighted by Crippen LogP contribution is -2.11. The highest BCUT2D eigenvalue weighted by Gasteiger charge is 2.35. The topological polar surface area (TPSA) is 17.1 Å². The molecule has 0 aliphatic carbocycles. The average Bonchev–Trinajstić information content (AvgIpc) is 2.15. The highest BCUT2D eigenvalue weighted by Crippen LogP contribution is 2.39. The molecule has 0 radical (unpaired) electrons. The summed E-state index contributed by atoms with van der Waals surface area (Å²) in [5.74, 6) is -1.09. The van der Waals surface area contributed by atoms with Crippen molar-refractivity contribution in [1.29, 1.82) is 0 Å². The molecule has 0 aliphatic heterocycles. The van der Waals surface area contributed by atoms with Crippen molar-refractivity contribution in [2.75, 3.05) is 5.88 Å². The first kappa shape index (κ1) is 13.8. The van der Waals surface area contributed by atoms with Crippen LogP contribution in [0.4, 0.5) is 13.2 Å². The molecule has 1 aromatic rings. The summed E-state index contributed by atoms with van der Waals surface area (Å²) in [7, 11) is 0. The minimum Gasteiger partial charge on any atom is -0.293 e. The largest absolute Gasteiger partial charge is 0.417 e.